The van der Waals surface area contributed by atoms with E-state index in [4.69, 9.17) is 10.5 Å². The largest absolute Gasteiger partial charge is 0.497 e. The molecule has 2 aromatic rings. The van der Waals surface area contributed by atoms with E-state index >= 15 is 0 Å². The van der Waals surface area contributed by atoms with Crippen LogP contribution in [0, 0.1) is 0 Å². The fourth-order valence-electron chi connectivity index (χ4n) is 1.34. The molecular weight excluding hydrogens is 250 g/mol. The molecule has 0 aliphatic carbocycles. The monoisotopic (exact) mass is 265 g/mol. The maximum Gasteiger partial charge on any atom is 0.245 e. The Labute approximate surface area is 109 Å². The molecular formula is C12H15N3O2S. The molecule has 0 bridgehead atoms. The van der Waals surface area contributed by atoms with Crippen LogP contribution in [0.5, 0.6) is 5.75 Å². The topological polar surface area (TPSA) is 77.2 Å². The molecule has 1 amide bonds. The van der Waals surface area contributed by atoms with Crippen LogP contribution in [0.3, 0.4) is 0 Å². The van der Waals surface area contributed by atoms with Crippen LogP contribution in [0.25, 0.3) is 10.2 Å². The summed E-state index contributed by atoms with van der Waals surface area (Å²) >= 11 is 1.39. The van der Waals surface area contributed by atoms with Crippen molar-refractivity contribution in [3.63, 3.8) is 0 Å². The van der Waals surface area contributed by atoms with Crippen LogP contribution < -0.4 is 15.8 Å². The SMILES string of the molecule is COc1ccc2nc(NC(=O)C(C)(C)N)sc2c1. The fraction of sp³-hybridized carbons (Fsp3) is 0.333. The van der Waals surface area contributed by atoms with Crippen LogP contribution >= 0.6 is 11.3 Å². The van der Waals surface area contributed by atoms with E-state index in [2.05, 4.69) is 10.3 Å². The Morgan fingerprint density at radius 2 is 2.22 bits per heavy atom. The van der Waals surface area contributed by atoms with Crippen LogP contribution in [0.15, 0.2) is 18.2 Å². The number of ether oxygens (including phenoxy) is 1. The molecule has 5 nitrogen and oxygen atoms in total. The lowest BCUT2D eigenvalue weighted by Crippen LogP contribution is -2.45. The molecule has 0 radical (unpaired) electrons. The van der Waals surface area contributed by atoms with Crippen LogP contribution in [-0.2, 0) is 4.79 Å². The van der Waals surface area contributed by atoms with Gasteiger partial charge >= 0.3 is 0 Å². The van der Waals surface area contributed by atoms with Crippen molar-refractivity contribution < 1.29 is 9.53 Å². The molecule has 0 fully saturated rings. The number of hydrogen-bond donors (Lipinski definition) is 2. The second-order valence-electron chi connectivity index (χ2n) is 4.53. The minimum absolute atomic E-state index is 0.256. The molecule has 0 atom stereocenters. The Bertz CT molecular complexity index is 587. The summed E-state index contributed by atoms with van der Waals surface area (Å²) < 4.78 is 6.10. The molecule has 1 aromatic heterocycles. The van der Waals surface area contributed by atoms with Gasteiger partial charge in [-0.1, -0.05) is 11.3 Å². The van der Waals surface area contributed by atoms with E-state index in [0.717, 1.165) is 16.0 Å². The van der Waals surface area contributed by atoms with Gasteiger partial charge in [0.1, 0.15) is 5.75 Å². The van der Waals surface area contributed by atoms with E-state index in [0.29, 0.717) is 5.13 Å². The standard InChI is InChI=1S/C12H15N3O2S/c1-12(2,13)10(16)15-11-14-8-5-4-7(17-3)6-9(8)18-11/h4-6H,13H2,1-3H3,(H,14,15,16). The lowest BCUT2D eigenvalue weighted by Gasteiger charge is -2.15. The first-order valence-corrected chi connectivity index (χ1v) is 6.27. The number of thiazole rings is 1. The summed E-state index contributed by atoms with van der Waals surface area (Å²) in [4.78, 5) is 16.1. The maximum absolute atomic E-state index is 11.7. The van der Waals surface area contributed by atoms with E-state index in [1.165, 1.54) is 11.3 Å². The van der Waals surface area contributed by atoms with Gasteiger partial charge in [-0.05, 0) is 32.0 Å². The molecule has 6 heteroatoms. The quantitative estimate of drug-likeness (QED) is 0.889. The lowest BCUT2D eigenvalue weighted by atomic mass is 10.1. The van der Waals surface area contributed by atoms with Gasteiger partial charge in [-0.3, -0.25) is 4.79 Å². The molecule has 0 saturated carbocycles. The number of aromatic nitrogens is 1. The molecule has 3 N–H and O–H groups in total. The van der Waals surface area contributed by atoms with Gasteiger partial charge in [-0.2, -0.15) is 0 Å². The number of anilines is 1. The van der Waals surface area contributed by atoms with Crippen molar-refractivity contribution in [1.29, 1.82) is 0 Å². The van der Waals surface area contributed by atoms with Crippen molar-refractivity contribution in [2.24, 2.45) is 5.73 Å². The van der Waals surface area contributed by atoms with Crippen molar-refractivity contribution in [3.8, 4) is 5.75 Å². The van der Waals surface area contributed by atoms with Crippen LogP contribution in [-0.4, -0.2) is 23.5 Å². The average Bonchev–Trinajstić information content (AvgIpc) is 2.68. The van der Waals surface area contributed by atoms with Crippen molar-refractivity contribution in [2.45, 2.75) is 19.4 Å². The van der Waals surface area contributed by atoms with E-state index in [1.54, 1.807) is 21.0 Å². The Morgan fingerprint density at radius 1 is 1.50 bits per heavy atom. The third kappa shape index (κ3) is 2.60. The van der Waals surface area contributed by atoms with E-state index in [9.17, 15) is 4.79 Å². The highest BCUT2D eigenvalue weighted by atomic mass is 32.1. The summed E-state index contributed by atoms with van der Waals surface area (Å²) in [6.45, 7) is 3.30. The second kappa shape index (κ2) is 4.55. The van der Waals surface area contributed by atoms with E-state index in [-0.39, 0.29) is 5.91 Å². The minimum Gasteiger partial charge on any atom is -0.497 e. The summed E-state index contributed by atoms with van der Waals surface area (Å²) in [5.74, 6) is 0.511. The van der Waals surface area contributed by atoms with Crippen LogP contribution in [0.1, 0.15) is 13.8 Å². The Balaban J connectivity index is 2.28. The molecule has 18 heavy (non-hydrogen) atoms. The Hall–Kier alpha value is -1.66. The van der Waals surface area contributed by atoms with Gasteiger partial charge in [0.2, 0.25) is 5.91 Å². The summed E-state index contributed by atoms with van der Waals surface area (Å²) in [7, 11) is 1.61. The molecule has 1 heterocycles. The third-order valence-electron chi connectivity index (χ3n) is 2.40. The first-order valence-electron chi connectivity index (χ1n) is 5.45. The highest BCUT2D eigenvalue weighted by molar-refractivity contribution is 7.22. The number of carbonyl (C=O) groups excluding carboxylic acids is 1. The molecule has 2 rings (SSSR count). The predicted molar refractivity (Wildman–Crippen MR) is 73.1 cm³/mol. The van der Waals surface area contributed by atoms with Crippen LogP contribution in [0.4, 0.5) is 5.13 Å². The highest BCUT2D eigenvalue weighted by Gasteiger charge is 2.22. The molecule has 0 spiro atoms. The summed E-state index contributed by atoms with van der Waals surface area (Å²) in [6, 6.07) is 5.57. The first kappa shape index (κ1) is 12.8. The number of nitrogens with two attached hydrogens (primary N) is 1. The van der Waals surface area contributed by atoms with Crippen LogP contribution in [0.2, 0.25) is 0 Å². The highest BCUT2D eigenvalue weighted by Crippen LogP contribution is 2.29. The van der Waals surface area contributed by atoms with Gasteiger partial charge in [-0.25, -0.2) is 4.98 Å². The third-order valence-corrected chi connectivity index (χ3v) is 3.33. The van der Waals surface area contributed by atoms with E-state index in [1.807, 2.05) is 18.2 Å². The van der Waals surface area contributed by atoms with Crippen molar-refractivity contribution in [3.05, 3.63) is 18.2 Å². The number of rotatable bonds is 3. The van der Waals surface area contributed by atoms with E-state index < -0.39 is 5.54 Å². The van der Waals surface area contributed by atoms with Gasteiger partial charge in [0.15, 0.2) is 5.13 Å². The van der Waals surface area contributed by atoms with Crippen molar-refractivity contribution >= 4 is 32.6 Å². The van der Waals surface area contributed by atoms with Gasteiger partial charge < -0.3 is 15.8 Å². The van der Waals surface area contributed by atoms with Crippen molar-refractivity contribution in [2.75, 3.05) is 12.4 Å². The number of fused-ring (bicyclic) bond motifs is 1. The zero-order chi connectivity index (χ0) is 13.3. The molecule has 96 valence electrons. The van der Waals surface area contributed by atoms with Gasteiger partial charge in [0, 0.05) is 0 Å². The normalized spacial score (nSPS) is 11.6. The number of hydrogen-bond acceptors (Lipinski definition) is 5. The molecule has 0 unspecified atom stereocenters. The summed E-state index contributed by atoms with van der Waals surface area (Å²) in [5, 5.41) is 3.25. The Kier molecular flexibility index (Phi) is 3.23. The molecule has 0 saturated heterocycles. The number of nitrogens with zero attached hydrogens (tertiary/aromatic N) is 1. The maximum atomic E-state index is 11.7. The smallest absolute Gasteiger partial charge is 0.245 e. The Morgan fingerprint density at radius 3 is 2.83 bits per heavy atom. The van der Waals surface area contributed by atoms with Gasteiger partial charge in [0.25, 0.3) is 0 Å². The second-order valence-corrected chi connectivity index (χ2v) is 5.56. The summed E-state index contributed by atoms with van der Waals surface area (Å²) in [5.41, 5.74) is 5.62. The number of methoxy groups -OCH3 is 1. The van der Waals surface area contributed by atoms with Gasteiger partial charge in [-0.15, -0.1) is 0 Å². The first-order chi connectivity index (χ1) is 8.40. The lowest BCUT2D eigenvalue weighted by molar-refractivity contribution is -0.120. The number of carbonyl (C=O) groups is 1. The van der Waals surface area contributed by atoms with Gasteiger partial charge in [0.05, 0.1) is 22.9 Å². The molecule has 1 aromatic carbocycles. The number of nitrogens with one attached hydrogen (secondary N) is 1. The number of amides is 1. The average molecular weight is 265 g/mol. The zero-order valence-electron chi connectivity index (χ0n) is 10.5. The predicted octanol–water partition coefficient (Wildman–Crippen LogP) is 1.98. The molecule has 0 aliphatic heterocycles. The van der Waals surface area contributed by atoms with Crippen molar-refractivity contribution in [1.82, 2.24) is 4.98 Å². The molecule has 0 aliphatic rings. The minimum atomic E-state index is -0.921. The fourth-order valence-corrected chi connectivity index (χ4v) is 2.23. The number of benzene rings is 1. The zero-order valence-corrected chi connectivity index (χ0v) is 11.3. The summed E-state index contributed by atoms with van der Waals surface area (Å²) in [6.07, 6.45) is 0.